The van der Waals surface area contributed by atoms with Crippen molar-refractivity contribution in [2.24, 2.45) is 0 Å². The molecule has 28 heavy (non-hydrogen) atoms. The Balaban J connectivity index is 1.39. The van der Waals surface area contributed by atoms with E-state index in [9.17, 15) is 9.59 Å². The smallest absolute Gasteiger partial charge is 0.336 e. The molecule has 0 spiro atoms. The van der Waals surface area contributed by atoms with Crippen LogP contribution in [0.3, 0.4) is 0 Å². The summed E-state index contributed by atoms with van der Waals surface area (Å²) in [6, 6.07) is 7.20. The minimum Gasteiger partial charge on any atom is -0.423 e. The minimum absolute atomic E-state index is 0.0783. The molecule has 1 aromatic carbocycles. The van der Waals surface area contributed by atoms with Crippen molar-refractivity contribution in [3.05, 3.63) is 64.4 Å². The fourth-order valence-electron chi connectivity index (χ4n) is 3.64. The van der Waals surface area contributed by atoms with Gasteiger partial charge >= 0.3 is 5.63 Å². The van der Waals surface area contributed by atoms with Crippen LogP contribution >= 0.6 is 0 Å². The Morgan fingerprint density at radius 1 is 1.25 bits per heavy atom. The molecule has 7 nitrogen and oxygen atoms in total. The number of hydrogen-bond donors (Lipinski definition) is 1. The van der Waals surface area contributed by atoms with Crippen LogP contribution in [0.15, 0.2) is 52.1 Å². The Hall–Kier alpha value is -3.22. The van der Waals surface area contributed by atoms with Gasteiger partial charge in [-0.05, 0) is 37.0 Å². The van der Waals surface area contributed by atoms with E-state index in [2.05, 4.69) is 20.2 Å². The summed E-state index contributed by atoms with van der Waals surface area (Å²) in [6.45, 7) is 3.58. The zero-order valence-corrected chi connectivity index (χ0v) is 15.7. The molecule has 1 aliphatic heterocycles. The van der Waals surface area contributed by atoms with Crippen LogP contribution in [0.1, 0.15) is 24.0 Å². The highest BCUT2D eigenvalue weighted by molar-refractivity contribution is 5.87. The van der Waals surface area contributed by atoms with Gasteiger partial charge in [0.1, 0.15) is 11.4 Å². The standard InChI is InChI=1S/C21H22N4O3/c1-14-2-3-17-15(12-21(27)28-18(17)10-14)11-20(26)24-16-4-8-25(9-5-16)19-13-22-6-7-23-19/h2-3,6-7,10,12-13,16H,4-5,8-9,11H2,1H3,(H,24,26). The molecule has 2 aromatic heterocycles. The third-order valence-corrected chi connectivity index (χ3v) is 5.07. The van der Waals surface area contributed by atoms with E-state index in [1.165, 1.54) is 6.07 Å². The summed E-state index contributed by atoms with van der Waals surface area (Å²) in [5, 5.41) is 3.90. The molecule has 1 aliphatic rings. The number of aromatic nitrogens is 2. The van der Waals surface area contributed by atoms with Gasteiger partial charge in [-0.3, -0.25) is 9.78 Å². The summed E-state index contributed by atoms with van der Waals surface area (Å²) in [4.78, 5) is 35.0. The van der Waals surface area contributed by atoms with E-state index >= 15 is 0 Å². The van der Waals surface area contributed by atoms with E-state index in [1.54, 1.807) is 18.6 Å². The lowest BCUT2D eigenvalue weighted by Gasteiger charge is -2.32. The van der Waals surface area contributed by atoms with Gasteiger partial charge in [0.2, 0.25) is 5.91 Å². The van der Waals surface area contributed by atoms with Crippen molar-refractivity contribution in [2.75, 3.05) is 18.0 Å². The molecule has 0 radical (unpaired) electrons. The SMILES string of the molecule is Cc1ccc2c(CC(=O)NC3CCN(c4cnccn4)CC3)cc(=O)oc2c1. The Morgan fingerprint density at radius 2 is 2.07 bits per heavy atom. The predicted molar refractivity (Wildman–Crippen MR) is 106 cm³/mol. The van der Waals surface area contributed by atoms with Gasteiger partial charge in [0.25, 0.3) is 0 Å². The summed E-state index contributed by atoms with van der Waals surface area (Å²) in [7, 11) is 0. The maximum absolute atomic E-state index is 12.6. The number of nitrogens with one attached hydrogen (secondary N) is 1. The number of amides is 1. The summed E-state index contributed by atoms with van der Waals surface area (Å²) in [5.41, 5.74) is 1.79. The van der Waals surface area contributed by atoms with E-state index in [4.69, 9.17) is 4.42 Å². The average molecular weight is 378 g/mol. The summed E-state index contributed by atoms with van der Waals surface area (Å²) in [6.07, 6.45) is 6.96. The van der Waals surface area contributed by atoms with Gasteiger partial charge in [-0.2, -0.15) is 0 Å². The third-order valence-electron chi connectivity index (χ3n) is 5.07. The number of fused-ring (bicyclic) bond motifs is 1. The first-order valence-corrected chi connectivity index (χ1v) is 9.42. The molecule has 3 heterocycles. The van der Waals surface area contributed by atoms with Gasteiger partial charge in [0, 0.05) is 43.0 Å². The Morgan fingerprint density at radius 3 is 2.82 bits per heavy atom. The second-order valence-electron chi connectivity index (χ2n) is 7.16. The molecule has 0 unspecified atom stereocenters. The Kier molecular flexibility index (Phi) is 5.06. The second-order valence-corrected chi connectivity index (χ2v) is 7.16. The molecule has 0 aliphatic carbocycles. The zero-order valence-electron chi connectivity index (χ0n) is 15.7. The normalized spacial score (nSPS) is 15.0. The fraction of sp³-hybridized carbons (Fsp3) is 0.333. The lowest BCUT2D eigenvalue weighted by molar-refractivity contribution is -0.121. The van der Waals surface area contributed by atoms with Crippen LogP contribution in [0, 0.1) is 6.92 Å². The van der Waals surface area contributed by atoms with E-state index in [0.717, 1.165) is 42.7 Å². The highest BCUT2D eigenvalue weighted by Crippen LogP contribution is 2.20. The summed E-state index contributed by atoms with van der Waals surface area (Å²) >= 11 is 0. The second kappa shape index (κ2) is 7.80. The van der Waals surface area contributed by atoms with Gasteiger partial charge in [-0.15, -0.1) is 0 Å². The molecule has 0 bridgehead atoms. The third kappa shape index (κ3) is 4.03. The number of aryl methyl sites for hydroxylation is 1. The van der Waals surface area contributed by atoms with Crippen LogP contribution < -0.4 is 15.8 Å². The first kappa shape index (κ1) is 18.2. The van der Waals surface area contributed by atoms with E-state index in [1.807, 2.05) is 25.1 Å². The highest BCUT2D eigenvalue weighted by Gasteiger charge is 2.22. The molecule has 1 fully saturated rings. The Labute approximate surface area is 162 Å². The molecule has 1 N–H and O–H groups in total. The molecule has 4 rings (SSSR count). The summed E-state index contributed by atoms with van der Waals surface area (Å²) < 4.78 is 5.26. The highest BCUT2D eigenvalue weighted by atomic mass is 16.4. The maximum Gasteiger partial charge on any atom is 0.336 e. The van der Waals surface area contributed by atoms with Gasteiger partial charge in [0.15, 0.2) is 0 Å². The molecular weight excluding hydrogens is 356 g/mol. The van der Waals surface area contributed by atoms with E-state index in [-0.39, 0.29) is 18.4 Å². The number of hydrogen-bond acceptors (Lipinski definition) is 6. The maximum atomic E-state index is 12.6. The summed E-state index contributed by atoms with van der Waals surface area (Å²) in [5.74, 6) is 0.787. The first-order chi connectivity index (χ1) is 13.6. The van der Waals surface area contributed by atoms with Crippen molar-refractivity contribution in [1.82, 2.24) is 15.3 Å². The number of carbonyl (C=O) groups excluding carboxylic acids is 1. The molecule has 0 atom stereocenters. The van der Waals surface area contributed by atoms with E-state index < -0.39 is 5.63 Å². The molecule has 1 amide bonds. The topological polar surface area (TPSA) is 88.3 Å². The number of anilines is 1. The number of carbonyl (C=O) groups is 1. The van der Waals surface area contributed by atoms with Crippen LogP contribution in [0.25, 0.3) is 11.0 Å². The first-order valence-electron chi connectivity index (χ1n) is 9.42. The van der Waals surface area contributed by atoms with Gasteiger partial charge < -0.3 is 14.6 Å². The number of nitrogens with zero attached hydrogens (tertiary/aromatic N) is 3. The molecule has 1 saturated heterocycles. The van der Waals surface area contributed by atoms with Gasteiger partial charge in [0.05, 0.1) is 12.6 Å². The zero-order chi connectivity index (χ0) is 19.5. The molecule has 144 valence electrons. The van der Waals surface area contributed by atoms with Crippen LogP contribution in [0.4, 0.5) is 5.82 Å². The number of piperidine rings is 1. The van der Waals surface area contributed by atoms with Gasteiger partial charge in [-0.25, -0.2) is 9.78 Å². The van der Waals surface area contributed by atoms with Crippen molar-refractivity contribution in [3.8, 4) is 0 Å². The Bertz CT molecular complexity index is 1040. The van der Waals surface area contributed by atoms with Crippen LogP contribution in [-0.2, 0) is 11.2 Å². The van der Waals surface area contributed by atoms with Crippen LogP contribution in [0.5, 0.6) is 0 Å². The lowest BCUT2D eigenvalue weighted by Crippen LogP contribution is -2.45. The van der Waals surface area contributed by atoms with Crippen LogP contribution in [0.2, 0.25) is 0 Å². The van der Waals surface area contributed by atoms with Crippen molar-refractivity contribution < 1.29 is 9.21 Å². The van der Waals surface area contributed by atoms with Crippen molar-refractivity contribution >= 4 is 22.7 Å². The number of benzene rings is 1. The van der Waals surface area contributed by atoms with Crippen molar-refractivity contribution in [3.63, 3.8) is 0 Å². The van der Waals surface area contributed by atoms with Crippen molar-refractivity contribution in [1.29, 1.82) is 0 Å². The number of rotatable bonds is 4. The molecule has 0 saturated carbocycles. The fourth-order valence-corrected chi connectivity index (χ4v) is 3.64. The monoisotopic (exact) mass is 378 g/mol. The predicted octanol–water partition coefficient (Wildman–Crippen LogP) is 2.22. The minimum atomic E-state index is -0.432. The molecule has 7 heteroatoms. The van der Waals surface area contributed by atoms with Crippen molar-refractivity contribution in [2.45, 2.75) is 32.2 Å². The quantitative estimate of drug-likeness (QED) is 0.701. The molecular formula is C21H22N4O3. The van der Waals surface area contributed by atoms with Gasteiger partial charge in [-0.1, -0.05) is 12.1 Å². The lowest BCUT2D eigenvalue weighted by atomic mass is 10.0. The van der Waals surface area contributed by atoms with Crippen LogP contribution in [-0.4, -0.2) is 35.0 Å². The van der Waals surface area contributed by atoms with E-state index in [0.29, 0.717) is 11.1 Å². The molecule has 3 aromatic rings. The average Bonchev–Trinajstić information content (AvgIpc) is 2.68. The largest absolute Gasteiger partial charge is 0.423 e.